The number of H-pyrrole nitrogens is 1. The molecule has 3 heterocycles. The summed E-state index contributed by atoms with van der Waals surface area (Å²) in [5, 5.41) is 14.6. The van der Waals surface area contributed by atoms with E-state index in [-0.39, 0.29) is 6.04 Å². The molecule has 10 heteroatoms. The summed E-state index contributed by atoms with van der Waals surface area (Å²) < 4.78 is 28.5. The van der Waals surface area contributed by atoms with Gasteiger partial charge >= 0.3 is 0 Å². The van der Waals surface area contributed by atoms with Crippen LogP contribution in [0.5, 0.6) is 0 Å². The Bertz CT molecular complexity index is 1460. The summed E-state index contributed by atoms with van der Waals surface area (Å²) >= 11 is 0. The minimum absolute atomic E-state index is 0.0394. The first kappa shape index (κ1) is 25.1. The zero-order chi connectivity index (χ0) is 25.7. The molecule has 2 aromatic carbocycles. The summed E-state index contributed by atoms with van der Waals surface area (Å²) in [4.78, 5) is 9.10. The monoisotopic (exact) mass is 517 g/mol. The molecule has 37 heavy (non-hydrogen) atoms. The number of nitrogens with zero attached hydrogens (tertiary/aromatic N) is 4. The van der Waals surface area contributed by atoms with Crippen LogP contribution in [0, 0.1) is 0 Å². The molecule has 192 valence electrons. The number of hydrogen-bond donors (Lipinski definition) is 3. The molecular weight excluding hydrogens is 486 g/mol. The van der Waals surface area contributed by atoms with E-state index in [9.17, 15) is 8.42 Å². The second kappa shape index (κ2) is 11.2. The number of nitrogens with one attached hydrogen (secondary N) is 3. The van der Waals surface area contributed by atoms with Gasteiger partial charge in [0.05, 0.1) is 16.6 Å². The molecule has 1 aliphatic rings. The standard InChI is InChI=1S/C27H31N7O2S/c1-2-16-34(23-12-14-28-15-13-23)37(35,36)24-10-8-22(9-11-24)32-27-29-17-20(18-30-27)6-7-21-4-3-5-26-25(21)19-31-33-26/h3-11,17-19,23,28H,2,12-16H2,1H3,(H,31,33)(H,29,30,32)/b7-6+. The maximum absolute atomic E-state index is 13.4. The van der Waals surface area contributed by atoms with Crippen molar-refractivity contribution >= 4 is 44.7 Å². The summed E-state index contributed by atoms with van der Waals surface area (Å²) in [6.45, 7) is 4.23. The van der Waals surface area contributed by atoms with Crippen LogP contribution in [0.25, 0.3) is 23.1 Å². The SMILES string of the molecule is CCCN(C1CCNCC1)S(=O)(=O)c1ccc(Nc2ncc(/C=C/c3cccc4[nH]ncc34)cn2)cc1. The number of benzene rings is 2. The third-order valence-electron chi connectivity index (χ3n) is 6.52. The van der Waals surface area contributed by atoms with Gasteiger partial charge in [-0.05, 0) is 68.2 Å². The lowest BCUT2D eigenvalue weighted by Crippen LogP contribution is -2.46. The van der Waals surface area contributed by atoms with Crippen molar-refractivity contribution in [1.29, 1.82) is 0 Å². The Labute approximate surface area is 217 Å². The summed E-state index contributed by atoms with van der Waals surface area (Å²) in [5.74, 6) is 0.437. The van der Waals surface area contributed by atoms with Gasteiger partial charge in [-0.25, -0.2) is 18.4 Å². The van der Waals surface area contributed by atoms with Crippen molar-refractivity contribution in [3.05, 3.63) is 72.2 Å². The molecule has 9 nitrogen and oxygen atoms in total. The highest BCUT2D eigenvalue weighted by Crippen LogP contribution is 2.25. The van der Waals surface area contributed by atoms with Gasteiger partial charge in [0.1, 0.15) is 0 Å². The molecule has 0 unspecified atom stereocenters. The van der Waals surface area contributed by atoms with Gasteiger partial charge in [0.2, 0.25) is 16.0 Å². The zero-order valence-corrected chi connectivity index (χ0v) is 21.6. The first-order chi connectivity index (χ1) is 18.0. The number of aromatic amines is 1. The normalized spacial score (nSPS) is 15.1. The lowest BCUT2D eigenvalue weighted by molar-refractivity contribution is 0.262. The number of rotatable bonds is 9. The smallest absolute Gasteiger partial charge is 0.243 e. The zero-order valence-electron chi connectivity index (χ0n) is 20.8. The van der Waals surface area contributed by atoms with E-state index in [1.165, 1.54) is 0 Å². The largest absolute Gasteiger partial charge is 0.324 e. The van der Waals surface area contributed by atoms with Gasteiger partial charge in [0, 0.05) is 41.6 Å². The van der Waals surface area contributed by atoms with E-state index in [4.69, 9.17) is 0 Å². The summed E-state index contributed by atoms with van der Waals surface area (Å²) in [6.07, 6.45) is 11.7. The number of sulfonamides is 1. The first-order valence-electron chi connectivity index (χ1n) is 12.6. The molecule has 0 spiro atoms. The van der Waals surface area contributed by atoms with Gasteiger partial charge in [0.25, 0.3) is 0 Å². The summed E-state index contributed by atoms with van der Waals surface area (Å²) in [5.41, 5.74) is 3.63. The van der Waals surface area contributed by atoms with Crippen LogP contribution >= 0.6 is 0 Å². The Morgan fingerprint density at radius 3 is 2.51 bits per heavy atom. The molecule has 0 bridgehead atoms. The molecule has 1 fully saturated rings. The Morgan fingerprint density at radius 2 is 1.78 bits per heavy atom. The molecule has 5 rings (SSSR count). The Morgan fingerprint density at radius 1 is 1.03 bits per heavy atom. The minimum atomic E-state index is -3.56. The highest BCUT2D eigenvalue weighted by Gasteiger charge is 2.31. The highest BCUT2D eigenvalue weighted by molar-refractivity contribution is 7.89. The van der Waals surface area contributed by atoms with E-state index in [0.717, 1.165) is 60.1 Å². The van der Waals surface area contributed by atoms with Crippen LogP contribution in [-0.4, -0.2) is 58.6 Å². The first-order valence-corrected chi connectivity index (χ1v) is 14.0. The van der Waals surface area contributed by atoms with Crippen molar-refractivity contribution in [2.75, 3.05) is 25.0 Å². The third-order valence-corrected chi connectivity index (χ3v) is 8.49. The fourth-order valence-corrected chi connectivity index (χ4v) is 6.38. The fourth-order valence-electron chi connectivity index (χ4n) is 4.60. The van der Waals surface area contributed by atoms with E-state index in [1.807, 2.05) is 43.5 Å². The molecule has 1 saturated heterocycles. The maximum atomic E-state index is 13.4. The lowest BCUT2D eigenvalue weighted by Gasteiger charge is -2.33. The van der Waals surface area contributed by atoms with Gasteiger partial charge in [-0.1, -0.05) is 31.2 Å². The molecule has 3 N–H and O–H groups in total. The van der Waals surface area contributed by atoms with E-state index >= 15 is 0 Å². The Balaban J connectivity index is 1.25. The van der Waals surface area contributed by atoms with E-state index < -0.39 is 10.0 Å². The number of piperidine rings is 1. The predicted octanol–water partition coefficient (Wildman–Crippen LogP) is 4.42. The molecule has 4 aromatic rings. The summed E-state index contributed by atoms with van der Waals surface area (Å²) in [6, 6.07) is 12.8. The third kappa shape index (κ3) is 5.71. The molecular formula is C27H31N7O2S. The van der Waals surface area contributed by atoms with Crippen LogP contribution < -0.4 is 10.6 Å². The molecule has 1 aliphatic heterocycles. The van der Waals surface area contributed by atoms with Crippen LogP contribution in [0.4, 0.5) is 11.6 Å². The van der Waals surface area contributed by atoms with Crippen LogP contribution in [-0.2, 0) is 10.0 Å². The van der Waals surface area contributed by atoms with Gasteiger partial charge < -0.3 is 10.6 Å². The van der Waals surface area contributed by atoms with Gasteiger partial charge in [-0.3, -0.25) is 5.10 Å². The predicted molar refractivity (Wildman–Crippen MR) is 147 cm³/mol. The van der Waals surface area contributed by atoms with E-state index in [2.05, 4.69) is 30.8 Å². The number of anilines is 2. The summed E-state index contributed by atoms with van der Waals surface area (Å²) in [7, 11) is -3.56. The van der Waals surface area contributed by atoms with Crippen LogP contribution in [0.2, 0.25) is 0 Å². The van der Waals surface area contributed by atoms with Crippen molar-refractivity contribution in [2.24, 2.45) is 0 Å². The minimum Gasteiger partial charge on any atom is -0.324 e. The second-order valence-corrected chi connectivity index (χ2v) is 11.0. The average molecular weight is 518 g/mol. The quantitative estimate of drug-likeness (QED) is 0.301. The number of aromatic nitrogens is 4. The van der Waals surface area contributed by atoms with Gasteiger partial charge in [-0.15, -0.1) is 0 Å². The van der Waals surface area contributed by atoms with Crippen molar-refractivity contribution in [3.8, 4) is 0 Å². The van der Waals surface area contributed by atoms with Crippen molar-refractivity contribution < 1.29 is 8.42 Å². The van der Waals surface area contributed by atoms with Crippen LogP contribution in [0.3, 0.4) is 0 Å². The molecule has 0 atom stereocenters. The fraction of sp³-hybridized carbons (Fsp3) is 0.296. The van der Waals surface area contributed by atoms with E-state index in [0.29, 0.717) is 17.4 Å². The highest BCUT2D eigenvalue weighted by atomic mass is 32.2. The lowest BCUT2D eigenvalue weighted by atomic mass is 10.1. The van der Waals surface area contributed by atoms with E-state index in [1.54, 1.807) is 41.0 Å². The number of fused-ring (bicyclic) bond motifs is 1. The molecule has 0 saturated carbocycles. The van der Waals surface area contributed by atoms with Crippen LogP contribution in [0.1, 0.15) is 37.3 Å². The molecule has 2 aromatic heterocycles. The molecule has 0 amide bonds. The van der Waals surface area contributed by atoms with Crippen LogP contribution in [0.15, 0.2) is 66.0 Å². The van der Waals surface area contributed by atoms with Crippen molar-refractivity contribution in [3.63, 3.8) is 0 Å². The molecule has 0 aliphatic carbocycles. The second-order valence-electron chi connectivity index (χ2n) is 9.10. The van der Waals surface area contributed by atoms with Crippen molar-refractivity contribution in [2.45, 2.75) is 37.1 Å². The maximum Gasteiger partial charge on any atom is 0.243 e. The Kier molecular flexibility index (Phi) is 7.59. The number of hydrogen-bond acceptors (Lipinski definition) is 7. The average Bonchev–Trinajstić information content (AvgIpc) is 3.42. The molecule has 0 radical (unpaired) electrons. The van der Waals surface area contributed by atoms with Gasteiger partial charge in [-0.2, -0.15) is 9.40 Å². The Hall–Kier alpha value is -3.60. The van der Waals surface area contributed by atoms with Crippen molar-refractivity contribution in [1.82, 2.24) is 29.8 Å². The van der Waals surface area contributed by atoms with Gasteiger partial charge in [0.15, 0.2) is 0 Å². The topological polar surface area (TPSA) is 116 Å².